The molecule has 2 aromatic carbocycles. The third-order valence-electron chi connectivity index (χ3n) is 4.75. The fraction of sp³-hybridized carbons (Fsp3) is 0.0870. The number of ketones is 1. The Bertz CT molecular complexity index is 994. The topological polar surface area (TPSA) is 57.5 Å². The Hall–Kier alpha value is -3.33. The largest absolute Gasteiger partial charge is 0.508 e. The molecule has 0 amide bonds. The monoisotopic (exact) mass is 342 g/mol. The van der Waals surface area contributed by atoms with Gasteiger partial charge in [0.25, 0.3) is 0 Å². The number of rotatable bonds is 4. The second kappa shape index (κ2) is 6.52. The van der Waals surface area contributed by atoms with Crippen molar-refractivity contribution in [2.75, 3.05) is 0 Å². The van der Waals surface area contributed by atoms with E-state index in [9.17, 15) is 15.0 Å². The first-order chi connectivity index (χ1) is 12.6. The van der Waals surface area contributed by atoms with Crippen LogP contribution in [0, 0.1) is 0 Å². The van der Waals surface area contributed by atoms with Gasteiger partial charge in [0.2, 0.25) is 0 Å². The van der Waals surface area contributed by atoms with Crippen LogP contribution in [0.15, 0.2) is 78.9 Å². The molecule has 0 aromatic heterocycles. The van der Waals surface area contributed by atoms with Crippen molar-refractivity contribution in [2.24, 2.45) is 0 Å². The SMILES string of the molecule is O=C(c1ccc(O)cc1C1=CC=CC1)c1ccc(O)cc1C1C=CC=C1. The molecule has 128 valence electrons. The first kappa shape index (κ1) is 16.2. The second-order valence-electron chi connectivity index (χ2n) is 6.45. The zero-order valence-electron chi connectivity index (χ0n) is 14.1. The van der Waals surface area contributed by atoms with Gasteiger partial charge >= 0.3 is 0 Å². The third kappa shape index (κ3) is 2.88. The van der Waals surface area contributed by atoms with Crippen LogP contribution in [0.5, 0.6) is 11.5 Å². The van der Waals surface area contributed by atoms with Crippen molar-refractivity contribution in [3.05, 3.63) is 101 Å². The van der Waals surface area contributed by atoms with Crippen molar-refractivity contribution in [3.8, 4) is 11.5 Å². The zero-order chi connectivity index (χ0) is 18.1. The Morgan fingerprint density at radius 1 is 0.885 bits per heavy atom. The summed E-state index contributed by atoms with van der Waals surface area (Å²) in [6, 6.07) is 9.70. The van der Waals surface area contributed by atoms with E-state index in [1.165, 1.54) is 12.1 Å². The van der Waals surface area contributed by atoms with Gasteiger partial charge in [-0.25, -0.2) is 0 Å². The van der Waals surface area contributed by atoms with Crippen molar-refractivity contribution < 1.29 is 15.0 Å². The molecular weight excluding hydrogens is 324 g/mol. The van der Waals surface area contributed by atoms with Gasteiger partial charge in [0.1, 0.15) is 11.5 Å². The molecule has 0 saturated heterocycles. The normalized spacial score (nSPS) is 15.6. The molecule has 4 rings (SSSR count). The van der Waals surface area contributed by atoms with Crippen LogP contribution in [0.25, 0.3) is 5.57 Å². The molecule has 2 N–H and O–H groups in total. The van der Waals surface area contributed by atoms with E-state index in [0.29, 0.717) is 11.1 Å². The van der Waals surface area contributed by atoms with Crippen molar-refractivity contribution >= 4 is 11.4 Å². The first-order valence-electron chi connectivity index (χ1n) is 8.55. The Kier molecular flexibility index (Phi) is 4.05. The van der Waals surface area contributed by atoms with Crippen molar-refractivity contribution in [2.45, 2.75) is 12.3 Å². The van der Waals surface area contributed by atoms with E-state index >= 15 is 0 Å². The summed E-state index contributed by atoms with van der Waals surface area (Å²) in [5, 5.41) is 19.8. The lowest BCUT2D eigenvalue weighted by Gasteiger charge is -2.15. The van der Waals surface area contributed by atoms with Gasteiger partial charge in [-0.1, -0.05) is 42.5 Å². The molecule has 2 aliphatic carbocycles. The predicted octanol–water partition coefficient (Wildman–Crippen LogP) is 4.88. The molecule has 0 bridgehead atoms. The lowest BCUT2D eigenvalue weighted by Crippen LogP contribution is -2.09. The first-order valence-corrected chi connectivity index (χ1v) is 8.55. The zero-order valence-corrected chi connectivity index (χ0v) is 14.1. The molecule has 2 aromatic rings. The van der Waals surface area contributed by atoms with Crippen molar-refractivity contribution in [1.29, 1.82) is 0 Å². The number of allylic oxidation sites excluding steroid dienone is 8. The van der Waals surface area contributed by atoms with Gasteiger partial charge in [-0.3, -0.25) is 4.79 Å². The summed E-state index contributed by atoms with van der Waals surface area (Å²) in [6.07, 6.45) is 14.5. The van der Waals surface area contributed by atoms with E-state index in [2.05, 4.69) is 0 Å². The molecule has 0 aliphatic heterocycles. The maximum absolute atomic E-state index is 13.4. The maximum Gasteiger partial charge on any atom is 0.193 e. The summed E-state index contributed by atoms with van der Waals surface area (Å²) in [5.74, 6) is 0.126. The quantitative estimate of drug-likeness (QED) is 0.779. The summed E-state index contributed by atoms with van der Waals surface area (Å²) in [7, 11) is 0. The third-order valence-corrected chi connectivity index (χ3v) is 4.75. The van der Waals surface area contributed by atoms with Gasteiger partial charge in [-0.15, -0.1) is 0 Å². The van der Waals surface area contributed by atoms with E-state index in [-0.39, 0.29) is 23.2 Å². The molecule has 26 heavy (non-hydrogen) atoms. The van der Waals surface area contributed by atoms with Crippen LogP contribution in [0.3, 0.4) is 0 Å². The standard InChI is InChI=1S/C23H18O3/c24-17-9-11-19(21(13-17)15-5-1-2-6-15)23(26)20-12-10-18(25)14-22(20)16-7-3-4-8-16/h1-7,9-15,24-25H,8H2. The number of aromatic hydroxyl groups is 2. The number of carbonyl (C=O) groups excluding carboxylic acids is 1. The fourth-order valence-corrected chi connectivity index (χ4v) is 3.46. The van der Waals surface area contributed by atoms with Crippen LogP contribution in [0.4, 0.5) is 0 Å². The van der Waals surface area contributed by atoms with Crippen LogP contribution >= 0.6 is 0 Å². The molecule has 3 heteroatoms. The highest BCUT2D eigenvalue weighted by Crippen LogP contribution is 2.34. The summed E-state index contributed by atoms with van der Waals surface area (Å²) >= 11 is 0. The molecule has 0 atom stereocenters. The molecule has 0 fully saturated rings. The molecule has 0 spiro atoms. The molecule has 0 radical (unpaired) electrons. The highest BCUT2D eigenvalue weighted by molar-refractivity contribution is 6.13. The molecule has 0 unspecified atom stereocenters. The highest BCUT2D eigenvalue weighted by Gasteiger charge is 2.22. The Morgan fingerprint density at radius 3 is 2.27 bits per heavy atom. The number of hydrogen-bond donors (Lipinski definition) is 2. The van der Waals surface area contributed by atoms with Crippen LogP contribution in [-0.2, 0) is 0 Å². The number of carbonyl (C=O) groups is 1. The van der Waals surface area contributed by atoms with Gasteiger partial charge in [-0.05, 0) is 59.5 Å². The smallest absolute Gasteiger partial charge is 0.193 e. The van der Waals surface area contributed by atoms with E-state index in [1.54, 1.807) is 24.3 Å². The van der Waals surface area contributed by atoms with Crippen LogP contribution < -0.4 is 0 Å². The van der Waals surface area contributed by atoms with E-state index in [1.807, 2.05) is 42.5 Å². The minimum atomic E-state index is -0.114. The fourth-order valence-electron chi connectivity index (χ4n) is 3.46. The average Bonchev–Trinajstić information content (AvgIpc) is 3.35. The van der Waals surface area contributed by atoms with Gasteiger partial charge in [0.15, 0.2) is 5.78 Å². The number of hydrogen-bond acceptors (Lipinski definition) is 3. The highest BCUT2D eigenvalue weighted by atomic mass is 16.3. The van der Waals surface area contributed by atoms with Crippen LogP contribution in [0.2, 0.25) is 0 Å². The molecule has 0 heterocycles. The second-order valence-corrected chi connectivity index (χ2v) is 6.45. The molecule has 3 nitrogen and oxygen atoms in total. The van der Waals surface area contributed by atoms with Gasteiger partial charge < -0.3 is 10.2 Å². The van der Waals surface area contributed by atoms with Crippen LogP contribution in [-0.4, -0.2) is 16.0 Å². The number of phenolic OH excluding ortho intramolecular Hbond substituents is 2. The van der Waals surface area contributed by atoms with Crippen molar-refractivity contribution in [3.63, 3.8) is 0 Å². The van der Waals surface area contributed by atoms with Gasteiger partial charge in [0.05, 0.1) is 0 Å². The summed E-state index contributed by atoms with van der Waals surface area (Å²) < 4.78 is 0. The Labute approximate surface area is 151 Å². The average molecular weight is 342 g/mol. The van der Waals surface area contributed by atoms with E-state index in [4.69, 9.17) is 0 Å². The minimum absolute atomic E-state index is 0.0334. The molecule has 0 saturated carbocycles. The van der Waals surface area contributed by atoms with Gasteiger partial charge in [0, 0.05) is 17.0 Å². The van der Waals surface area contributed by atoms with Gasteiger partial charge in [-0.2, -0.15) is 0 Å². The number of benzene rings is 2. The van der Waals surface area contributed by atoms with Crippen molar-refractivity contribution in [1.82, 2.24) is 0 Å². The van der Waals surface area contributed by atoms with E-state index < -0.39 is 0 Å². The Balaban J connectivity index is 1.82. The molecule has 2 aliphatic rings. The lowest BCUT2D eigenvalue weighted by molar-refractivity contribution is 0.103. The summed E-state index contributed by atoms with van der Waals surface area (Å²) in [6.45, 7) is 0. The maximum atomic E-state index is 13.4. The van der Waals surface area contributed by atoms with Crippen LogP contribution in [0.1, 0.15) is 39.4 Å². The Morgan fingerprint density at radius 2 is 1.58 bits per heavy atom. The predicted molar refractivity (Wildman–Crippen MR) is 102 cm³/mol. The molecular formula is C23H18O3. The summed E-state index contributed by atoms with van der Waals surface area (Å²) in [5.41, 5.74) is 3.64. The number of phenols is 2. The van der Waals surface area contributed by atoms with E-state index in [0.717, 1.165) is 23.1 Å². The summed E-state index contributed by atoms with van der Waals surface area (Å²) in [4.78, 5) is 13.4. The minimum Gasteiger partial charge on any atom is -0.508 e. The lowest BCUT2D eigenvalue weighted by atomic mass is 9.87.